The average Bonchev–Trinajstić information content (AvgIpc) is 3.27. The minimum absolute atomic E-state index is 0.00992. The molecule has 0 radical (unpaired) electrons. The number of Topliss-reactive ketones (excluding diaryl/α,β-unsaturated/α-hetero) is 1. The minimum Gasteiger partial charge on any atom is -0.462 e. The Labute approximate surface area is 224 Å². The summed E-state index contributed by atoms with van der Waals surface area (Å²) in [6, 6.07) is 0. The molecule has 4 aliphatic carbocycles. The van der Waals surface area contributed by atoms with E-state index in [-0.39, 0.29) is 54.7 Å². The number of hydrogen-bond acceptors (Lipinski definition) is 8. The number of hydrogen-bond donors (Lipinski definition) is 0. The standard InChI is InChI=1S/C30H40O8/c1-7-24(33)35-16-22(32)30-23(37-27(3,4)38-30)14-20-19-10-9-17-13-18(31)11-12-28(17,5)26(19)21(15-29(20,30)6)36-25(34)8-2/h11-13,19-21,23,26H,7-10,14-16H2,1-6H3/t19-,20-,21-,23+,26+,28-,29-,30+/m0/s1. The number of carbonyl (C=O) groups is 4. The summed E-state index contributed by atoms with van der Waals surface area (Å²) in [5.41, 5.74) is -1.39. The highest BCUT2D eigenvalue weighted by Crippen LogP contribution is 2.70. The summed E-state index contributed by atoms with van der Waals surface area (Å²) < 4.78 is 24.5. The summed E-state index contributed by atoms with van der Waals surface area (Å²) in [7, 11) is 0. The molecule has 38 heavy (non-hydrogen) atoms. The number of ether oxygens (including phenoxy) is 4. The molecule has 208 valence electrons. The molecule has 4 fully saturated rings. The molecule has 1 saturated heterocycles. The van der Waals surface area contributed by atoms with Crippen LogP contribution in [0.1, 0.15) is 80.1 Å². The van der Waals surface area contributed by atoms with Gasteiger partial charge in [-0.1, -0.05) is 39.3 Å². The molecular formula is C30H40O8. The zero-order valence-electron chi connectivity index (χ0n) is 23.3. The fourth-order valence-corrected chi connectivity index (χ4v) is 8.60. The maximum Gasteiger partial charge on any atom is 0.305 e. The van der Waals surface area contributed by atoms with Crippen LogP contribution in [-0.4, -0.2) is 53.7 Å². The van der Waals surface area contributed by atoms with E-state index in [1.54, 1.807) is 39.8 Å². The van der Waals surface area contributed by atoms with E-state index in [1.165, 1.54) is 0 Å². The highest BCUT2D eigenvalue weighted by Gasteiger charge is 2.77. The highest BCUT2D eigenvalue weighted by atomic mass is 16.8. The summed E-state index contributed by atoms with van der Waals surface area (Å²) in [6.45, 7) is 10.9. The van der Waals surface area contributed by atoms with Crippen molar-refractivity contribution in [1.29, 1.82) is 0 Å². The fourth-order valence-electron chi connectivity index (χ4n) is 8.60. The molecular weight excluding hydrogens is 488 g/mol. The first kappa shape index (κ1) is 27.3. The lowest BCUT2D eigenvalue weighted by Gasteiger charge is -2.60. The molecule has 0 aromatic carbocycles. The van der Waals surface area contributed by atoms with Crippen molar-refractivity contribution in [1.82, 2.24) is 0 Å². The molecule has 0 unspecified atom stereocenters. The van der Waals surface area contributed by atoms with Gasteiger partial charge in [-0.05, 0) is 63.5 Å². The van der Waals surface area contributed by atoms with Gasteiger partial charge in [-0.25, -0.2) is 0 Å². The van der Waals surface area contributed by atoms with E-state index in [9.17, 15) is 19.2 Å². The molecule has 8 heteroatoms. The Kier molecular flexibility index (Phi) is 6.54. The Morgan fingerprint density at radius 1 is 1.08 bits per heavy atom. The Hall–Kier alpha value is -2.32. The minimum atomic E-state index is -1.33. The first-order chi connectivity index (χ1) is 17.8. The van der Waals surface area contributed by atoms with Gasteiger partial charge in [0.05, 0.1) is 6.10 Å². The number of ketones is 2. The van der Waals surface area contributed by atoms with Crippen molar-refractivity contribution in [3.05, 3.63) is 23.8 Å². The second-order valence-corrected chi connectivity index (χ2v) is 12.5. The lowest BCUT2D eigenvalue weighted by molar-refractivity contribution is -0.229. The van der Waals surface area contributed by atoms with Crippen LogP contribution in [0.5, 0.6) is 0 Å². The quantitative estimate of drug-likeness (QED) is 0.471. The van der Waals surface area contributed by atoms with Gasteiger partial charge in [-0.15, -0.1) is 0 Å². The van der Waals surface area contributed by atoms with Crippen molar-refractivity contribution >= 4 is 23.5 Å². The topological polar surface area (TPSA) is 105 Å². The van der Waals surface area contributed by atoms with Gasteiger partial charge in [0.1, 0.15) is 6.10 Å². The van der Waals surface area contributed by atoms with Gasteiger partial charge in [0, 0.05) is 29.6 Å². The average molecular weight is 529 g/mol. The third-order valence-electron chi connectivity index (χ3n) is 10.1. The predicted molar refractivity (Wildman–Crippen MR) is 137 cm³/mol. The Bertz CT molecular complexity index is 1120. The van der Waals surface area contributed by atoms with Crippen LogP contribution in [0.4, 0.5) is 0 Å². The van der Waals surface area contributed by atoms with Gasteiger partial charge in [0.25, 0.3) is 0 Å². The monoisotopic (exact) mass is 528 g/mol. The van der Waals surface area contributed by atoms with E-state index in [0.717, 1.165) is 18.4 Å². The Balaban J connectivity index is 1.59. The molecule has 0 amide bonds. The first-order valence-electron chi connectivity index (χ1n) is 14.0. The largest absolute Gasteiger partial charge is 0.462 e. The van der Waals surface area contributed by atoms with E-state index in [0.29, 0.717) is 12.8 Å². The first-order valence-corrected chi connectivity index (χ1v) is 14.0. The second-order valence-electron chi connectivity index (χ2n) is 12.5. The predicted octanol–water partition coefficient (Wildman–Crippen LogP) is 4.25. The van der Waals surface area contributed by atoms with Crippen LogP contribution in [0.2, 0.25) is 0 Å². The van der Waals surface area contributed by atoms with Crippen LogP contribution >= 0.6 is 0 Å². The Morgan fingerprint density at radius 3 is 2.47 bits per heavy atom. The van der Waals surface area contributed by atoms with Gasteiger partial charge in [0.15, 0.2) is 23.8 Å². The zero-order valence-corrected chi connectivity index (χ0v) is 23.3. The lowest BCUT2D eigenvalue weighted by atomic mass is 9.46. The number of esters is 2. The van der Waals surface area contributed by atoms with E-state index in [1.807, 2.05) is 6.08 Å². The van der Waals surface area contributed by atoms with E-state index < -0.39 is 40.4 Å². The van der Waals surface area contributed by atoms with Crippen LogP contribution in [0.25, 0.3) is 0 Å². The fraction of sp³-hybridized carbons (Fsp3) is 0.733. The smallest absolute Gasteiger partial charge is 0.305 e. The number of rotatable bonds is 6. The van der Waals surface area contributed by atoms with Crippen LogP contribution in [-0.2, 0) is 38.1 Å². The summed E-state index contributed by atoms with van der Waals surface area (Å²) in [4.78, 5) is 51.0. The lowest BCUT2D eigenvalue weighted by Crippen LogP contribution is -2.64. The van der Waals surface area contributed by atoms with Crippen LogP contribution in [0.3, 0.4) is 0 Å². The van der Waals surface area contributed by atoms with Gasteiger partial charge in [0.2, 0.25) is 5.78 Å². The number of allylic oxidation sites excluding steroid dienone is 4. The van der Waals surface area contributed by atoms with Gasteiger partial charge in [-0.3, -0.25) is 19.2 Å². The molecule has 5 aliphatic rings. The molecule has 1 heterocycles. The SMILES string of the molecule is CCC(=O)OCC(=O)[C@@]12OC(C)(C)O[C@@H]1C[C@H]1[C@@H]3CCC4=CC(=O)C=C[C@]4(C)[C@H]3[C@@H](OC(=O)CC)C[C@@]12C. The van der Waals surface area contributed by atoms with E-state index in [2.05, 4.69) is 13.8 Å². The summed E-state index contributed by atoms with van der Waals surface area (Å²) in [6.07, 6.45) is 7.43. The van der Waals surface area contributed by atoms with Gasteiger partial charge in [-0.2, -0.15) is 0 Å². The number of fused-ring (bicyclic) bond motifs is 7. The molecule has 1 aliphatic heterocycles. The molecule has 3 saturated carbocycles. The molecule has 0 spiro atoms. The van der Waals surface area contributed by atoms with Crippen molar-refractivity contribution < 1.29 is 38.1 Å². The van der Waals surface area contributed by atoms with E-state index >= 15 is 0 Å². The summed E-state index contributed by atoms with van der Waals surface area (Å²) in [5, 5.41) is 0. The summed E-state index contributed by atoms with van der Waals surface area (Å²) >= 11 is 0. The molecule has 0 N–H and O–H groups in total. The van der Waals surface area contributed by atoms with Crippen molar-refractivity contribution in [2.45, 2.75) is 104 Å². The molecule has 5 rings (SSSR count). The molecule has 0 bridgehead atoms. The molecule has 0 aromatic rings. The van der Waals surface area contributed by atoms with Gasteiger partial charge < -0.3 is 18.9 Å². The van der Waals surface area contributed by atoms with Crippen LogP contribution in [0.15, 0.2) is 23.8 Å². The normalized spacial score (nSPS) is 42.3. The maximum atomic E-state index is 14.0. The number of carbonyl (C=O) groups excluding carboxylic acids is 4. The van der Waals surface area contributed by atoms with Crippen molar-refractivity contribution in [2.24, 2.45) is 28.6 Å². The molecule has 0 aromatic heterocycles. The van der Waals surface area contributed by atoms with E-state index in [4.69, 9.17) is 18.9 Å². The Morgan fingerprint density at radius 2 is 1.79 bits per heavy atom. The van der Waals surface area contributed by atoms with Crippen molar-refractivity contribution in [3.63, 3.8) is 0 Å². The highest BCUT2D eigenvalue weighted by molar-refractivity contribution is 6.01. The maximum absolute atomic E-state index is 14.0. The molecule has 8 atom stereocenters. The second kappa shape index (κ2) is 9.12. The van der Waals surface area contributed by atoms with Crippen molar-refractivity contribution in [2.75, 3.05) is 6.61 Å². The third kappa shape index (κ3) is 3.85. The van der Waals surface area contributed by atoms with Gasteiger partial charge >= 0.3 is 11.9 Å². The molecule has 8 nitrogen and oxygen atoms in total. The third-order valence-corrected chi connectivity index (χ3v) is 10.1. The van der Waals surface area contributed by atoms with Crippen LogP contribution in [0, 0.1) is 28.6 Å². The zero-order chi connectivity index (χ0) is 27.7. The summed E-state index contributed by atoms with van der Waals surface area (Å²) in [5.74, 6) is -1.90. The van der Waals surface area contributed by atoms with Crippen LogP contribution < -0.4 is 0 Å². The van der Waals surface area contributed by atoms with Crippen molar-refractivity contribution in [3.8, 4) is 0 Å².